The van der Waals surface area contributed by atoms with E-state index in [1.807, 2.05) is 0 Å². The van der Waals surface area contributed by atoms with E-state index in [0.29, 0.717) is 25.2 Å². The lowest BCUT2D eigenvalue weighted by molar-refractivity contribution is 0.0628. The summed E-state index contributed by atoms with van der Waals surface area (Å²) in [7, 11) is 2.82. The highest BCUT2D eigenvalue weighted by Gasteiger charge is 2.31. The predicted octanol–water partition coefficient (Wildman–Crippen LogP) is 2.77. The lowest BCUT2D eigenvalue weighted by Crippen LogP contribution is -2.48. The Bertz CT molecular complexity index is 813. The molecule has 0 aromatic heterocycles. The molecule has 5 nitrogen and oxygen atoms in total. The quantitative estimate of drug-likeness (QED) is 0.909. The van der Waals surface area contributed by atoms with Gasteiger partial charge in [-0.15, -0.1) is 0 Å². The van der Waals surface area contributed by atoms with Gasteiger partial charge in [-0.2, -0.15) is 0 Å². The molecule has 1 fully saturated rings. The molecule has 1 heterocycles. The summed E-state index contributed by atoms with van der Waals surface area (Å²) in [6, 6.07) is 8.17. The van der Waals surface area contributed by atoms with Crippen LogP contribution in [0, 0.1) is 11.6 Å². The third-order valence-corrected chi connectivity index (χ3v) is 4.44. The number of hydrogen-bond acceptors (Lipinski definition) is 4. The Labute approximate surface area is 150 Å². The largest absolute Gasteiger partial charge is 0.493 e. The molecule has 7 heteroatoms. The molecule has 1 amide bonds. The Kier molecular flexibility index (Phi) is 5.37. The van der Waals surface area contributed by atoms with E-state index in [1.54, 1.807) is 17.0 Å². The van der Waals surface area contributed by atoms with Crippen LogP contribution >= 0.6 is 0 Å². The van der Waals surface area contributed by atoms with Crippen molar-refractivity contribution >= 4 is 5.91 Å². The SMILES string of the molecule is COc1cc(F)c(C(=O)N2CCNCC2c2cccc(F)c2)cc1OC. The lowest BCUT2D eigenvalue weighted by Gasteiger charge is -2.36. The highest BCUT2D eigenvalue weighted by Crippen LogP contribution is 2.32. The van der Waals surface area contributed by atoms with Gasteiger partial charge in [0.15, 0.2) is 11.5 Å². The monoisotopic (exact) mass is 362 g/mol. The number of hydrogen-bond donors (Lipinski definition) is 1. The maximum Gasteiger partial charge on any atom is 0.257 e. The fraction of sp³-hybridized carbons (Fsp3) is 0.316. The van der Waals surface area contributed by atoms with Crippen molar-refractivity contribution in [2.45, 2.75) is 6.04 Å². The smallest absolute Gasteiger partial charge is 0.257 e. The number of amides is 1. The van der Waals surface area contributed by atoms with Gasteiger partial charge >= 0.3 is 0 Å². The number of methoxy groups -OCH3 is 2. The normalized spacial score (nSPS) is 17.1. The molecule has 0 spiro atoms. The molecule has 3 rings (SSSR count). The molecule has 1 N–H and O–H groups in total. The number of piperazine rings is 1. The number of nitrogens with zero attached hydrogens (tertiary/aromatic N) is 1. The van der Waals surface area contributed by atoms with Gasteiger partial charge in [-0.3, -0.25) is 4.79 Å². The van der Waals surface area contributed by atoms with Crippen LogP contribution in [0.4, 0.5) is 8.78 Å². The fourth-order valence-corrected chi connectivity index (χ4v) is 3.13. The van der Waals surface area contributed by atoms with E-state index < -0.39 is 11.7 Å². The van der Waals surface area contributed by atoms with Crippen molar-refractivity contribution in [3.8, 4) is 11.5 Å². The lowest BCUT2D eigenvalue weighted by atomic mass is 10.0. The average Bonchev–Trinajstić information content (AvgIpc) is 2.67. The molecule has 26 heavy (non-hydrogen) atoms. The van der Waals surface area contributed by atoms with Gasteiger partial charge in [0.1, 0.15) is 11.6 Å². The predicted molar refractivity (Wildman–Crippen MR) is 92.6 cm³/mol. The molecule has 0 aliphatic carbocycles. The fourth-order valence-electron chi connectivity index (χ4n) is 3.13. The minimum Gasteiger partial charge on any atom is -0.493 e. The molecule has 138 valence electrons. The number of halogens is 2. The molecule has 0 radical (unpaired) electrons. The highest BCUT2D eigenvalue weighted by atomic mass is 19.1. The molecule has 1 saturated heterocycles. The first-order chi connectivity index (χ1) is 12.5. The van der Waals surface area contributed by atoms with E-state index in [4.69, 9.17) is 9.47 Å². The van der Waals surface area contributed by atoms with E-state index in [9.17, 15) is 13.6 Å². The molecular formula is C19H20F2N2O3. The number of carbonyl (C=O) groups is 1. The minimum absolute atomic E-state index is 0.106. The van der Waals surface area contributed by atoms with E-state index in [1.165, 1.54) is 32.4 Å². The van der Waals surface area contributed by atoms with Gasteiger partial charge in [-0.05, 0) is 23.8 Å². The number of benzene rings is 2. The standard InChI is InChI=1S/C19H20F2N2O3/c1-25-17-9-14(15(21)10-18(17)26-2)19(24)23-7-6-22-11-16(23)12-4-3-5-13(20)8-12/h3-5,8-10,16,22H,6-7,11H2,1-2H3. The summed E-state index contributed by atoms with van der Waals surface area (Å²) >= 11 is 0. The van der Waals surface area contributed by atoms with Crippen molar-refractivity contribution in [1.29, 1.82) is 0 Å². The first-order valence-corrected chi connectivity index (χ1v) is 8.23. The molecule has 0 saturated carbocycles. The van der Waals surface area contributed by atoms with Crippen LogP contribution in [-0.4, -0.2) is 44.7 Å². The molecule has 2 aromatic rings. The van der Waals surface area contributed by atoms with Crippen molar-refractivity contribution in [3.63, 3.8) is 0 Å². The molecule has 2 aromatic carbocycles. The summed E-state index contributed by atoms with van der Waals surface area (Å²) in [5.41, 5.74) is 0.553. The van der Waals surface area contributed by atoms with Gasteiger partial charge in [0.2, 0.25) is 0 Å². The second-order valence-electron chi connectivity index (χ2n) is 5.96. The zero-order chi connectivity index (χ0) is 18.7. The second kappa shape index (κ2) is 7.70. The molecular weight excluding hydrogens is 342 g/mol. The molecule has 1 aliphatic rings. The van der Waals surface area contributed by atoms with Crippen LogP contribution in [0.15, 0.2) is 36.4 Å². The van der Waals surface area contributed by atoms with Crippen molar-refractivity contribution in [1.82, 2.24) is 10.2 Å². The van der Waals surface area contributed by atoms with Gasteiger partial charge in [0.05, 0.1) is 25.8 Å². The molecule has 1 unspecified atom stereocenters. The van der Waals surface area contributed by atoms with Crippen molar-refractivity contribution in [3.05, 3.63) is 59.2 Å². The van der Waals surface area contributed by atoms with Gasteiger partial charge in [-0.1, -0.05) is 12.1 Å². The number of nitrogens with one attached hydrogen (secondary N) is 1. The summed E-state index contributed by atoms with van der Waals surface area (Å²) < 4.78 is 38.3. The van der Waals surface area contributed by atoms with Crippen LogP contribution in [0.1, 0.15) is 22.0 Å². The second-order valence-corrected chi connectivity index (χ2v) is 5.96. The summed E-state index contributed by atoms with van der Waals surface area (Å²) in [4.78, 5) is 14.6. The van der Waals surface area contributed by atoms with Gasteiger partial charge < -0.3 is 19.7 Å². The van der Waals surface area contributed by atoms with Crippen LogP contribution in [0.25, 0.3) is 0 Å². The maximum atomic E-state index is 14.5. The third kappa shape index (κ3) is 3.48. The summed E-state index contributed by atoms with van der Waals surface area (Å²) in [5, 5.41) is 3.19. The number of ether oxygens (including phenoxy) is 2. The summed E-state index contributed by atoms with van der Waals surface area (Å²) in [6.45, 7) is 1.42. The van der Waals surface area contributed by atoms with E-state index in [0.717, 1.165) is 6.07 Å². The Morgan fingerprint density at radius 3 is 2.58 bits per heavy atom. The zero-order valence-electron chi connectivity index (χ0n) is 14.6. The van der Waals surface area contributed by atoms with E-state index >= 15 is 0 Å². The van der Waals surface area contributed by atoms with Crippen LogP contribution in [0.3, 0.4) is 0 Å². The first kappa shape index (κ1) is 18.1. The number of rotatable bonds is 4. The Hall–Kier alpha value is -2.67. The average molecular weight is 362 g/mol. The van der Waals surface area contributed by atoms with Crippen molar-refractivity contribution in [2.75, 3.05) is 33.9 Å². The first-order valence-electron chi connectivity index (χ1n) is 8.23. The molecule has 1 atom stereocenters. The maximum absolute atomic E-state index is 14.5. The van der Waals surface area contributed by atoms with Gasteiger partial charge in [-0.25, -0.2) is 8.78 Å². The number of carbonyl (C=O) groups excluding carboxylic acids is 1. The highest BCUT2D eigenvalue weighted by molar-refractivity contribution is 5.95. The Morgan fingerprint density at radius 2 is 1.88 bits per heavy atom. The molecule has 1 aliphatic heterocycles. The Balaban J connectivity index is 1.97. The van der Waals surface area contributed by atoms with Crippen molar-refractivity contribution < 1.29 is 23.0 Å². The third-order valence-electron chi connectivity index (χ3n) is 4.44. The Morgan fingerprint density at radius 1 is 1.15 bits per heavy atom. The van der Waals surface area contributed by atoms with Crippen LogP contribution in [0.2, 0.25) is 0 Å². The van der Waals surface area contributed by atoms with E-state index in [-0.39, 0.29) is 28.9 Å². The minimum atomic E-state index is -0.691. The zero-order valence-corrected chi connectivity index (χ0v) is 14.6. The van der Waals surface area contributed by atoms with Crippen LogP contribution in [0.5, 0.6) is 11.5 Å². The topological polar surface area (TPSA) is 50.8 Å². The van der Waals surface area contributed by atoms with Crippen molar-refractivity contribution in [2.24, 2.45) is 0 Å². The van der Waals surface area contributed by atoms with Crippen LogP contribution in [-0.2, 0) is 0 Å². The van der Waals surface area contributed by atoms with Gasteiger partial charge in [0, 0.05) is 25.7 Å². The van der Waals surface area contributed by atoms with Gasteiger partial charge in [0.25, 0.3) is 5.91 Å². The summed E-state index contributed by atoms with van der Waals surface area (Å²) in [5.74, 6) is -1.06. The van der Waals surface area contributed by atoms with E-state index in [2.05, 4.69) is 5.32 Å². The molecule has 0 bridgehead atoms. The summed E-state index contributed by atoms with van der Waals surface area (Å²) in [6.07, 6.45) is 0. The van der Waals surface area contributed by atoms with Crippen LogP contribution < -0.4 is 14.8 Å².